The molecule has 2 rings (SSSR count). The van der Waals surface area contributed by atoms with Gasteiger partial charge in [0.05, 0.1) is 4.90 Å². The average Bonchev–Trinajstić information content (AvgIpc) is 2.37. The zero-order chi connectivity index (χ0) is 12.5. The Kier molecular flexibility index (Phi) is 2.90. The molecular weight excluding hydrogens is 234 g/mol. The van der Waals surface area contributed by atoms with Crippen molar-refractivity contribution in [1.29, 1.82) is 0 Å². The number of sulfonamides is 1. The summed E-state index contributed by atoms with van der Waals surface area (Å²) >= 11 is 0. The first kappa shape index (κ1) is 11.7. The molecule has 0 spiro atoms. The minimum absolute atomic E-state index is 0.276. The van der Waals surface area contributed by atoms with E-state index >= 15 is 0 Å². The van der Waals surface area contributed by atoms with Gasteiger partial charge in [0.2, 0.25) is 0 Å². The van der Waals surface area contributed by atoms with Crippen LogP contribution in [0.1, 0.15) is 0 Å². The highest BCUT2D eigenvalue weighted by atomic mass is 32.2. The highest BCUT2D eigenvalue weighted by molar-refractivity contribution is 7.89. The Morgan fingerprint density at radius 2 is 1.76 bits per heavy atom. The Morgan fingerprint density at radius 1 is 1.12 bits per heavy atom. The van der Waals surface area contributed by atoms with Crippen LogP contribution >= 0.6 is 0 Å². The molecule has 2 aromatic carbocycles. The van der Waals surface area contributed by atoms with Crippen LogP contribution in [0.25, 0.3) is 10.8 Å². The molecule has 0 fully saturated rings. The van der Waals surface area contributed by atoms with Crippen molar-refractivity contribution in [3.8, 4) is 0 Å². The van der Waals surface area contributed by atoms with Crippen molar-refractivity contribution in [1.82, 2.24) is 4.31 Å². The standard InChI is InChI=1S/C13H13NO2S/c1-3-14(2)17(15,16)13-9-8-11-6-4-5-7-12(11)10-13/h3-10H,1H2,2H3. The molecule has 0 saturated heterocycles. The molecule has 88 valence electrons. The number of nitrogens with zero attached hydrogens (tertiary/aromatic N) is 1. The lowest BCUT2D eigenvalue weighted by Crippen LogP contribution is -2.20. The highest BCUT2D eigenvalue weighted by Crippen LogP contribution is 2.21. The van der Waals surface area contributed by atoms with E-state index in [9.17, 15) is 8.42 Å². The molecule has 0 atom stereocenters. The number of rotatable bonds is 3. The van der Waals surface area contributed by atoms with Gasteiger partial charge in [-0.1, -0.05) is 36.9 Å². The molecule has 3 nitrogen and oxygen atoms in total. The van der Waals surface area contributed by atoms with E-state index in [1.807, 2.05) is 24.3 Å². The van der Waals surface area contributed by atoms with Crippen molar-refractivity contribution in [2.24, 2.45) is 0 Å². The quantitative estimate of drug-likeness (QED) is 0.836. The van der Waals surface area contributed by atoms with Gasteiger partial charge in [0.15, 0.2) is 0 Å². The lowest BCUT2D eigenvalue weighted by Gasteiger charge is -2.14. The second kappa shape index (κ2) is 4.22. The summed E-state index contributed by atoms with van der Waals surface area (Å²) in [6.07, 6.45) is 1.28. The molecule has 17 heavy (non-hydrogen) atoms. The number of benzene rings is 2. The normalized spacial score (nSPS) is 11.4. The fraction of sp³-hybridized carbons (Fsp3) is 0.0769. The van der Waals surface area contributed by atoms with E-state index in [1.165, 1.54) is 13.2 Å². The van der Waals surface area contributed by atoms with Crippen LogP contribution in [0.5, 0.6) is 0 Å². The van der Waals surface area contributed by atoms with Crippen LogP contribution in [0.2, 0.25) is 0 Å². The Morgan fingerprint density at radius 3 is 2.41 bits per heavy atom. The van der Waals surface area contributed by atoms with Gasteiger partial charge in [0.1, 0.15) is 0 Å². The fourth-order valence-electron chi connectivity index (χ4n) is 1.59. The van der Waals surface area contributed by atoms with Crippen LogP contribution < -0.4 is 0 Å². The molecule has 0 radical (unpaired) electrons. The van der Waals surface area contributed by atoms with Crippen LogP contribution in [0.15, 0.2) is 60.1 Å². The average molecular weight is 247 g/mol. The monoisotopic (exact) mass is 247 g/mol. The van der Waals surface area contributed by atoms with Crippen molar-refractivity contribution in [3.63, 3.8) is 0 Å². The predicted octanol–water partition coefficient (Wildman–Crippen LogP) is 2.60. The molecule has 0 heterocycles. The molecule has 2 aromatic rings. The lowest BCUT2D eigenvalue weighted by atomic mass is 10.1. The molecule has 0 bridgehead atoms. The van der Waals surface area contributed by atoms with E-state index in [0.717, 1.165) is 15.1 Å². The Bertz CT molecular complexity index is 662. The van der Waals surface area contributed by atoms with Crippen molar-refractivity contribution in [3.05, 3.63) is 55.2 Å². The van der Waals surface area contributed by atoms with Crippen molar-refractivity contribution in [2.75, 3.05) is 7.05 Å². The zero-order valence-corrected chi connectivity index (χ0v) is 10.3. The van der Waals surface area contributed by atoms with E-state index in [1.54, 1.807) is 18.2 Å². The maximum atomic E-state index is 12.1. The minimum Gasteiger partial charge on any atom is -0.277 e. The molecule has 0 N–H and O–H groups in total. The van der Waals surface area contributed by atoms with Crippen LogP contribution in [0, 0.1) is 0 Å². The molecule has 0 saturated carbocycles. The molecule has 0 aliphatic carbocycles. The van der Waals surface area contributed by atoms with Gasteiger partial charge in [-0.3, -0.25) is 4.31 Å². The van der Waals surface area contributed by atoms with Crippen molar-refractivity contribution < 1.29 is 8.42 Å². The van der Waals surface area contributed by atoms with E-state index in [4.69, 9.17) is 0 Å². The first-order chi connectivity index (χ1) is 8.05. The third-order valence-electron chi connectivity index (χ3n) is 2.66. The lowest BCUT2D eigenvalue weighted by molar-refractivity contribution is 0.540. The predicted molar refractivity (Wildman–Crippen MR) is 69.1 cm³/mol. The first-order valence-electron chi connectivity index (χ1n) is 5.15. The SMILES string of the molecule is C=CN(C)S(=O)(=O)c1ccc2ccccc2c1. The fourth-order valence-corrected chi connectivity index (χ4v) is 2.64. The number of hydrogen-bond acceptors (Lipinski definition) is 2. The second-order valence-corrected chi connectivity index (χ2v) is 5.71. The second-order valence-electron chi connectivity index (χ2n) is 3.71. The van der Waals surface area contributed by atoms with Gasteiger partial charge in [-0.25, -0.2) is 8.42 Å². The first-order valence-corrected chi connectivity index (χ1v) is 6.59. The molecule has 0 aliphatic heterocycles. The van der Waals surface area contributed by atoms with Gasteiger partial charge in [0.25, 0.3) is 10.0 Å². The van der Waals surface area contributed by atoms with Crippen LogP contribution in [0.3, 0.4) is 0 Å². The van der Waals surface area contributed by atoms with Gasteiger partial charge in [-0.2, -0.15) is 0 Å². The third-order valence-corrected chi connectivity index (χ3v) is 4.41. The Hall–Kier alpha value is -1.81. The van der Waals surface area contributed by atoms with Gasteiger partial charge in [-0.15, -0.1) is 0 Å². The van der Waals surface area contributed by atoms with Crippen molar-refractivity contribution in [2.45, 2.75) is 4.90 Å². The van der Waals surface area contributed by atoms with E-state index < -0.39 is 10.0 Å². The highest BCUT2D eigenvalue weighted by Gasteiger charge is 2.17. The summed E-state index contributed by atoms with van der Waals surface area (Å²) in [6, 6.07) is 12.7. The van der Waals surface area contributed by atoms with E-state index in [2.05, 4.69) is 6.58 Å². The van der Waals surface area contributed by atoms with E-state index in [-0.39, 0.29) is 4.90 Å². The van der Waals surface area contributed by atoms with Gasteiger partial charge < -0.3 is 0 Å². The Balaban J connectivity index is 2.61. The molecular formula is C13H13NO2S. The summed E-state index contributed by atoms with van der Waals surface area (Å²) in [4.78, 5) is 0.276. The van der Waals surface area contributed by atoms with Gasteiger partial charge in [0, 0.05) is 13.2 Å². The number of hydrogen-bond donors (Lipinski definition) is 0. The summed E-state index contributed by atoms with van der Waals surface area (Å²) in [5.74, 6) is 0. The molecule has 4 heteroatoms. The molecule has 0 aromatic heterocycles. The summed E-state index contributed by atoms with van der Waals surface area (Å²) in [6.45, 7) is 3.46. The van der Waals surface area contributed by atoms with Gasteiger partial charge in [-0.05, 0) is 22.9 Å². The van der Waals surface area contributed by atoms with Crippen LogP contribution in [-0.2, 0) is 10.0 Å². The zero-order valence-electron chi connectivity index (χ0n) is 9.50. The van der Waals surface area contributed by atoms with Crippen LogP contribution in [-0.4, -0.2) is 19.8 Å². The molecule has 0 unspecified atom stereocenters. The largest absolute Gasteiger partial charge is 0.277 e. The van der Waals surface area contributed by atoms with Crippen LogP contribution in [0.4, 0.5) is 0 Å². The smallest absolute Gasteiger partial charge is 0.263 e. The maximum absolute atomic E-state index is 12.1. The molecule has 0 amide bonds. The van der Waals surface area contributed by atoms with E-state index in [0.29, 0.717) is 0 Å². The topological polar surface area (TPSA) is 37.4 Å². The summed E-state index contributed by atoms with van der Waals surface area (Å²) in [5.41, 5.74) is 0. The summed E-state index contributed by atoms with van der Waals surface area (Å²) in [5, 5.41) is 1.93. The Labute approximate surface area is 101 Å². The van der Waals surface area contributed by atoms with Crippen molar-refractivity contribution >= 4 is 20.8 Å². The number of fused-ring (bicyclic) bond motifs is 1. The molecule has 0 aliphatic rings. The van der Waals surface area contributed by atoms with Gasteiger partial charge >= 0.3 is 0 Å². The third kappa shape index (κ3) is 2.03. The minimum atomic E-state index is -3.47. The maximum Gasteiger partial charge on any atom is 0.263 e. The summed E-state index contributed by atoms with van der Waals surface area (Å²) < 4.78 is 25.2. The summed E-state index contributed by atoms with van der Waals surface area (Å²) in [7, 11) is -2.00.